The first-order valence-corrected chi connectivity index (χ1v) is 7.50. The lowest BCUT2D eigenvalue weighted by Gasteiger charge is -2.37. The Hall–Kier alpha value is -0.610. The quantitative estimate of drug-likeness (QED) is 0.777. The van der Waals surface area contributed by atoms with Gasteiger partial charge in [-0.1, -0.05) is 34.1 Å². The van der Waals surface area contributed by atoms with Crippen molar-refractivity contribution in [2.75, 3.05) is 26.2 Å². The molecular weight excluding hydrogens is 240 g/mol. The van der Waals surface area contributed by atoms with Crippen molar-refractivity contribution in [3.05, 3.63) is 0 Å². The summed E-state index contributed by atoms with van der Waals surface area (Å²) in [7, 11) is 0. The third kappa shape index (κ3) is 6.39. The number of hydrogen-bond donors (Lipinski definition) is 2. The molecule has 19 heavy (non-hydrogen) atoms. The summed E-state index contributed by atoms with van der Waals surface area (Å²) in [6, 6.07) is 0.311. The van der Waals surface area contributed by atoms with Crippen LogP contribution in [-0.4, -0.2) is 48.2 Å². The largest absolute Gasteiger partial charge is 0.481 e. The number of likely N-dealkylation sites (tertiary alicyclic amines) is 1. The van der Waals surface area contributed by atoms with Crippen molar-refractivity contribution in [1.29, 1.82) is 0 Å². The van der Waals surface area contributed by atoms with Gasteiger partial charge in [0, 0.05) is 25.7 Å². The molecule has 1 heterocycles. The van der Waals surface area contributed by atoms with E-state index < -0.39 is 5.97 Å². The Kier molecular flexibility index (Phi) is 6.27. The van der Waals surface area contributed by atoms with Crippen molar-refractivity contribution in [2.24, 2.45) is 11.3 Å². The van der Waals surface area contributed by atoms with Crippen LogP contribution in [0, 0.1) is 11.3 Å². The predicted octanol–water partition coefficient (Wildman–Crippen LogP) is 2.20. The van der Waals surface area contributed by atoms with Crippen molar-refractivity contribution in [2.45, 2.75) is 53.0 Å². The first kappa shape index (κ1) is 16.4. The first-order chi connectivity index (χ1) is 8.81. The lowest BCUT2D eigenvalue weighted by Crippen LogP contribution is -2.52. The van der Waals surface area contributed by atoms with Gasteiger partial charge < -0.3 is 15.3 Å². The number of rotatable bonds is 6. The Labute approximate surface area is 117 Å². The summed E-state index contributed by atoms with van der Waals surface area (Å²) in [5, 5.41) is 12.8. The van der Waals surface area contributed by atoms with Crippen LogP contribution in [0.15, 0.2) is 0 Å². The Morgan fingerprint density at radius 1 is 1.37 bits per heavy atom. The normalized spacial score (nSPS) is 25.5. The Morgan fingerprint density at radius 3 is 2.58 bits per heavy atom. The second kappa shape index (κ2) is 7.25. The van der Waals surface area contributed by atoms with Gasteiger partial charge in [-0.2, -0.15) is 0 Å². The molecule has 1 rings (SSSR count). The van der Waals surface area contributed by atoms with Gasteiger partial charge in [-0.25, -0.2) is 0 Å². The number of aliphatic carboxylic acids is 1. The van der Waals surface area contributed by atoms with Gasteiger partial charge in [0.15, 0.2) is 0 Å². The second-order valence-electron chi connectivity index (χ2n) is 7.02. The molecule has 112 valence electrons. The summed E-state index contributed by atoms with van der Waals surface area (Å²) in [6.07, 6.45) is 3.07. The number of carboxylic acid groups (broad SMARTS) is 1. The van der Waals surface area contributed by atoms with E-state index in [4.69, 9.17) is 0 Å². The molecule has 2 atom stereocenters. The molecule has 0 aliphatic carbocycles. The second-order valence-corrected chi connectivity index (χ2v) is 7.02. The van der Waals surface area contributed by atoms with Crippen LogP contribution in [0.4, 0.5) is 0 Å². The minimum absolute atomic E-state index is 0.219. The van der Waals surface area contributed by atoms with Crippen LogP contribution in [0.5, 0.6) is 0 Å². The molecular formula is C15H30N2O2. The van der Waals surface area contributed by atoms with Gasteiger partial charge in [-0.05, 0) is 24.8 Å². The van der Waals surface area contributed by atoms with E-state index in [9.17, 15) is 9.90 Å². The molecule has 2 unspecified atom stereocenters. The zero-order valence-electron chi connectivity index (χ0n) is 12.9. The highest BCUT2D eigenvalue weighted by atomic mass is 16.4. The standard InChI is InChI=1S/C15H30N2O2/c1-5-6-7-17-9-12(14(18)19)8-13(10-17)16-11-15(2,3)4/h12-13,16H,5-11H2,1-4H3,(H,18,19). The smallest absolute Gasteiger partial charge is 0.307 e. The van der Waals surface area contributed by atoms with Crippen molar-refractivity contribution in [3.8, 4) is 0 Å². The fraction of sp³-hybridized carbons (Fsp3) is 0.933. The summed E-state index contributed by atoms with van der Waals surface area (Å²) < 4.78 is 0. The predicted molar refractivity (Wildman–Crippen MR) is 78.3 cm³/mol. The number of carboxylic acids is 1. The average Bonchev–Trinajstić information content (AvgIpc) is 2.32. The van der Waals surface area contributed by atoms with E-state index in [1.807, 2.05) is 0 Å². The molecule has 0 aromatic rings. The highest BCUT2D eigenvalue weighted by Crippen LogP contribution is 2.19. The molecule has 1 aliphatic heterocycles. The molecule has 1 saturated heterocycles. The van der Waals surface area contributed by atoms with Crippen molar-refractivity contribution >= 4 is 5.97 Å². The van der Waals surface area contributed by atoms with Crippen LogP contribution >= 0.6 is 0 Å². The van der Waals surface area contributed by atoms with Crippen LogP contribution in [0.25, 0.3) is 0 Å². The van der Waals surface area contributed by atoms with Crippen LogP contribution in [0.2, 0.25) is 0 Å². The van der Waals surface area contributed by atoms with E-state index in [1.165, 1.54) is 0 Å². The lowest BCUT2D eigenvalue weighted by atomic mass is 9.91. The molecule has 0 spiro atoms. The SMILES string of the molecule is CCCCN1CC(NCC(C)(C)C)CC(C(=O)O)C1. The summed E-state index contributed by atoms with van der Waals surface area (Å²) >= 11 is 0. The van der Waals surface area contributed by atoms with Gasteiger partial charge in [-0.15, -0.1) is 0 Å². The Morgan fingerprint density at radius 2 is 2.05 bits per heavy atom. The Bertz CT molecular complexity index is 286. The number of nitrogens with one attached hydrogen (secondary N) is 1. The third-order valence-corrected chi connectivity index (χ3v) is 3.62. The monoisotopic (exact) mass is 270 g/mol. The number of hydrogen-bond acceptors (Lipinski definition) is 3. The molecule has 4 heteroatoms. The molecule has 0 aromatic heterocycles. The topological polar surface area (TPSA) is 52.6 Å². The van der Waals surface area contributed by atoms with E-state index >= 15 is 0 Å². The van der Waals surface area contributed by atoms with Crippen molar-refractivity contribution < 1.29 is 9.90 Å². The number of piperidine rings is 1. The highest BCUT2D eigenvalue weighted by Gasteiger charge is 2.31. The molecule has 4 nitrogen and oxygen atoms in total. The maximum absolute atomic E-state index is 11.3. The van der Waals surface area contributed by atoms with Gasteiger partial charge in [0.2, 0.25) is 0 Å². The van der Waals surface area contributed by atoms with Crippen LogP contribution < -0.4 is 5.32 Å². The van der Waals surface area contributed by atoms with Crippen molar-refractivity contribution in [3.63, 3.8) is 0 Å². The molecule has 0 bridgehead atoms. The molecule has 0 amide bonds. The molecule has 1 fully saturated rings. The fourth-order valence-corrected chi connectivity index (χ4v) is 2.53. The van der Waals surface area contributed by atoms with Gasteiger partial charge in [0.05, 0.1) is 5.92 Å². The van der Waals surface area contributed by atoms with Gasteiger partial charge >= 0.3 is 5.97 Å². The zero-order chi connectivity index (χ0) is 14.5. The molecule has 0 radical (unpaired) electrons. The molecule has 0 aromatic carbocycles. The van der Waals surface area contributed by atoms with Gasteiger partial charge in [0.1, 0.15) is 0 Å². The maximum Gasteiger partial charge on any atom is 0.307 e. The van der Waals surface area contributed by atoms with E-state index in [0.717, 1.165) is 38.9 Å². The summed E-state index contributed by atoms with van der Waals surface area (Å²) in [4.78, 5) is 13.6. The number of nitrogens with zero attached hydrogens (tertiary/aromatic N) is 1. The minimum atomic E-state index is -0.649. The Balaban J connectivity index is 2.52. The molecule has 1 aliphatic rings. The summed E-state index contributed by atoms with van der Waals surface area (Å²) in [6.45, 7) is 12.4. The van der Waals surface area contributed by atoms with Crippen LogP contribution in [0.3, 0.4) is 0 Å². The van der Waals surface area contributed by atoms with Gasteiger partial charge in [0.25, 0.3) is 0 Å². The molecule has 2 N–H and O–H groups in total. The highest BCUT2D eigenvalue weighted by molar-refractivity contribution is 5.70. The maximum atomic E-state index is 11.3. The number of unbranched alkanes of at least 4 members (excludes halogenated alkanes) is 1. The first-order valence-electron chi connectivity index (χ1n) is 7.50. The van der Waals surface area contributed by atoms with Gasteiger partial charge in [-0.3, -0.25) is 4.79 Å². The van der Waals surface area contributed by atoms with E-state index in [-0.39, 0.29) is 11.3 Å². The van der Waals surface area contributed by atoms with Crippen LogP contribution in [0.1, 0.15) is 47.0 Å². The third-order valence-electron chi connectivity index (χ3n) is 3.62. The summed E-state index contributed by atoms with van der Waals surface area (Å²) in [5.74, 6) is -0.869. The molecule has 0 saturated carbocycles. The minimum Gasteiger partial charge on any atom is -0.481 e. The zero-order valence-corrected chi connectivity index (χ0v) is 12.9. The van der Waals surface area contributed by atoms with E-state index in [2.05, 4.69) is 37.9 Å². The number of carbonyl (C=O) groups is 1. The average molecular weight is 270 g/mol. The van der Waals surface area contributed by atoms with Crippen molar-refractivity contribution in [1.82, 2.24) is 10.2 Å². The van der Waals surface area contributed by atoms with Crippen LogP contribution in [-0.2, 0) is 4.79 Å². The lowest BCUT2D eigenvalue weighted by molar-refractivity contribution is -0.144. The fourth-order valence-electron chi connectivity index (χ4n) is 2.53. The summed E-state index contributed by atoms with van der Waals surface area (Å²) in [5.41, 5.74) is 0.240. The van der Waals surface area contributed by atoms with E-state index in [1.54, 1.807) is 0 Å². The van der Waals surface area contributed by atoms with E-state index in [0.29, 0.717) is 12.6 Å².